The maximum atomic E-state index is 12.4. The molecule has 0 bridgehead atoms. The third-order valence-electron chi connectivity index (χ3n) is 3.44. The first-order valence-corrected chi connectivity index (χ1v) is 8.11. The van der Waals surface area contributed by atoms with Crippen LogP contribution in [0, 0.1) is 13.8 Å². The summed E-state index contributed by atoms with van der Waals surface area (Å²) in [5.74, 6) is 0. The molecule has 8 heteroatoms. The Morgan fingerprint density at radius 3 is 2.62 bits per heavy atom. The topological polar surface area (TPSA) is 90.0 Å². The zero-order chi connectivity index (χ0) is 15.8. The normalized spacial score (nSPS) is 11.8. The highest BCUT2D eigenvalue weighted by Gasteiger charge is 2.19. The summed E-state index contributed by atoms with van der Waals surface area (Å²) in [6.07, 6.45) is 1.64. The van der Waals surface area contributed by atoms with Crippen LogP contribution in [0.1, 0.15) is 16.8 Å². The minimum atomic E-state index is -3.69. The van der Waals surface area contributed by atoms with E-state index in [0.29, 0.717) is 11.3 Å². The van der Waals surface area contributed by atoms with Crippen LogP contribution in [0.5, 0.6) is 0 Å². The largest absolute Gasteiger partial charge is 0.398 e. The lowest BCUT2D eigenvalue weighted by molar-refractivity contribution is 0.580. The average Bonchev–Trinajstić information content (AvgIpc) is 2.72. The van der Waals surface area contributed by atoms with E-state index in [0.717, 1.165) is 11.3 Å². The summed E-state index contributed by atoms with van der Waals surface area (Å²) in [4.78, 5) is 0.0917. The van der Waals surface area contributed by atoms with E-state index in [1.807, 2.05) is 6.92 Å². The molecule has 0 amide bonds. The minimum Gasteiger partial charge on any atom is -0.398 e. The number of anilines is 1. The standard InChI is InChI=1S/C13H17ClN4O2S/c1-8-12(15)4-11(14)5-13(8)21(19,20)17-7-10-6-16-18(3)9(10)2/h4-6,17H,7,15H2,1-3H3. The van der Waals surface area contributed by atoms with E-state index in [9.17, 15) is 8.42 Å². The first kappa shape index (κ1) is 15.8. The molecular formula is C13H17ClN4O2S. The minimum absolute atomic E-state index is 0.0917. The van der Waals surface area contributed by atoms with Gasteiger partial charge in [-0.3, -0.25) is 4.68 Å². The van der Waals surface area contributed by atoms with Gasteiger partial charge in [0.25, 0.3) is 0 Å². The van der Waals surface area contributed by atoms with Gasteiger partial charge in [0.05, 0.1) is 11.1 Å². The van der Waals surface area contributed by atoms with Crippen molar-refractivity contribution in [2.45, 2.75) is 25.3 Å². The number of halogens is 1. The van der Waals surface area contributed by atoms with Crippen molar-refractivity contribution in [3.05, 3.63) is 40.2 Å². The van der Waals surface area contributed by atoms with Crippen molar-refractivity contribution in [2.24, 2.45) is 7.05 Å². The fraction of sp³-hybridized carbons (Fsp3) is 0.308. The predicted octanol–water partition coefficient (Wildman–Crippen LogP) is 1.75. The number of nitrogens with two attached hydrogens (primary N) is 1. The first-order valence-electron chi connectivity index (χ1n) is 6.25. The second-order valence-electron chi connectivity index (χ2n) is 4.82. The molecule has 0 saturated heterocycles. The molecule has 6 nitrogen and oxygen atoms in total. The quantitative estimate of drug-likeness (QED) is 0.837. The SMILES string of the molecule is Cc1c(N)cc(Cl)cc1S(=O)(=O)NCc1cnn(C)c1C. The molecule has 0 radical (unpaired) electrons. The number of rotatable bonds is 4. The summed E-state index contributed by atoms with van der Waals surface area (Å²) in [6.45, 7) is 3.68. The average molecular weight is 329 g/mol. The molecule has 1 aromatic carbocycles. The summed E-state index contributed by atoms with van der Waals surface area (Å²) >= 11 is 5.89. The Balaban J connectivity index is 2.29. The van der Waals surface area contributed by atoms with Gasteiger partial charge in [0, 0.05) is 35.6 Å². The number of sulfonamides is 1. The molecule has 3 N–H and O–H groups in total. The van der Waals surface area contributed by atoms with Gasteiger partial charge in [-0.1, -0.05) is 11.6 Å². The van der Waals surface area contributed by atoms with Crippen molar-refractivity contribution < 1.29 is 8.42 Å². The van der Waals surface area contributed by atoms with Gasteiger partial charge in [0.2, 0.25) is 10.0 Å². The Bertz CT molecular complexity index is 784. The number of aromatic nitrogens is 2. The number of hydrogen-bond acceptors (Lipinski definition) is 4. The summed E-state index contributed by atoms with van der Waals surface area (Å²) in [5.41, 5.74) is 8.31. The third-order valence-corrected chi connectivity index (χ3v) is 5.19. The van der Waals surface area contributed by atoms with Gasteiger partial charge in [0.1, 0.15) is 0 Å². The zero-order valence-electron chi connectivity index (χ0n) is 12.0. The molecule has 1 aromatic heterocycles. The molecule has 0 saturated carbocycles. The van der Waals surface area contributed by atoms with E-state index < -0.39 is 10.0 Å². The highest BCUT2D eigenvalue weighted by atomic mass is 35.5. The van der Waals surface area contributed by atoms with Crippen molar-refractivity contribution in [1.82, 2.24) is 14.5 Å². The van der Waals surface area contributed by atoms with Gasteiger partial charge in [-0.15, -0.1) is 0 Å². The number of hydrogen-bond donors (Lipinski definition) is 2. The summed E-state index contributed by atoms with van der Waals surface area (Å²) in [6, 6.07) is 2.92. The van der Waals surface area contributed by atoms with Crippen molar-refractivity contribution in [3.8, 4) is 0 Å². The lowest BCUT2D eigenvalue weighted by Crippen LogP contribution is -2.24. The Labute approximate surface area is 129 Å². The van der Waals surface area contributed by atoms with Crippen LogP contribution in [0.15, 0.2) is 23.2 Å². The summed E-state index contributed by atoms with van der Waals surface area (Å²) in [7, 11) is -1.89. The Morgan fingerprint density at radius 1 is 1.38 bits per heavy atom. The molecule has 0 unspecified atom stereocenters. The van der Waals surface area contributed by atoms with Crippen LogP contribution < -0.4 is 10.5 Å². The van der Waals surface area contributed by atoms with Gasteiger partial charge in [-0.05, 0) is 31.5 Å². The molecular weight excluding hydrogens is 312 g/mol. The van der Waals surface area contributed by atoms with Crippen LogP contribution >= 0.6 is 11.6 Å². The Kier molecular flexibility index (Phi) is 4.27. The van der Waals surface area contributed by atoms with E-state index in [-0.39, 0.29) is 16.5 Å². The third kappa shape index (κ3) is 3.20. The van der Waals surface area contributed by atoms with Crippen LogP contribution in [-0.4, -0.2) is 18.2 Å². The summed E-state index contributed by atoms with van der Waals surface area (Å²) < 4.78 is 29.0. The van der Waals surface area contributed by atoms with Crippen molar-refractivity contribution in [2.75, 3.05) is 5.73 Å². The van der Waals surface area contributed by atoms with Gasteiger partial charge in [-0.25, -0.2) is 13.1 Å². The maximum Gasteiger partial charge on any atom is 0.241 e. The lowest BCUT2D eigenvalue weighted by atomic mass is 10.2. The van der Waals surface area contributed by atoms with Gasteiger partial charge in [-0.2, -0.15) is 5.10 Å². The lowest BCUT2D eigenvalue weighted by Gasteiger charge is -2.11. The second kappa shape index (κ2) is 5.67. The van der Waals surface area contributed by atoms with Crippen LogP contribution in [0.4, 0.5) is 5.69 Å². The molecule has 114 valence electrons. The van der Waals surface area contributed by atoms with E-state index >= 15 is 0 Å². The van der Waals surface area contributed by atoms with E-state index in [1.165, 1.54) is 12.1 Å². The second-order valence-corrected chi connectivity index (χ2v) is 6.99. The first-order chi connectivity index (χ1) is 9.72. The fourth-order valence-corrected chi connectivity index (χ4v) is 3.52. The van der Waals surface area contributed by atoms with Gasteiger partial charge < -0.3 is 5.73 Å². The van der Waals surface area contributed by atoms with Crippen molar-refractivity contribution >= 4 is 27.3 Å². The molecule has 0 aliphatic carbocycles. The Hall–Kier alpha value is -1.57. The smallest absolute Gasteiger partial charge is 0.241 e. The molecule has 0 fully saturated rings. The molecule has 0 spiro atoms. The number of aryl methyl sites for hydroxylation is 1. The highest BCUT2D eigenvalue weighted by Crippen LogP contribution is 2.26. The predicted molar refractivity (Wildman–Crippen MR) is 82.6 cm³/mol. The molecule has 1 heterocycles. The van der Waals surface area contributed by atoms with Crippen LogP contribution in [0.25, 0.3) is 0 Å². The van der Waals surface area contributed by atoms with E-state index in [2.05, 4.69) is 9.82 Å². The van der Waals surface area contributed by atoms with E-state index in [4.69, 9.17) is 17.3 Å². The zero-order valence-corrected chi connectivity index (χ0v) is 13.6. The molecule has 2 rings (SSSR count). The number of benzene rings is 1. The molecule has 0 aliphatic rings. The highest BCUT2D eigenvalue weighted by molar-refractivity contribution is 7.89. The van der Waals surface area contributed by atoms with Gasteiger partial charge >= 0.3 is 0 Å². The van der Waals surface area contributed by atoms with Crippen LogP contribution in [0.2, 0.25) is 5.02 Å². The van der Waals surface area contributed by atoms with Crippen molar-refractivity contribution in [3.63, 3.8) is 0 Å². The molecule has 0 aliphatic heterocycles. The summed E-state index contributed by atoms with van der Waals surface area (Å²) in [5, 5.41) is 4.36. The fourth-order valence-electron chi connectivity index (χ4n) is 1.92. The molecule has 21 heavy (non-hydrogen) atoms. The molecule has 2 aromatic rings. The number of nitrogen functional groups attached to an aromatic ring is 1. The molecule has 0 atom stereocenters. The van der Waals surface area contributed by atoms with Crippen LogP contribution in [0.3, 0.4) is 0 Å². The number of nitrogens with one attached hydrogen (secondary N) is 1. The van der Waals surface area contributed by atoms with E-state index in [1.54, 1.807) is 24.9 Å². The number of nitrogens with zero attached hydrogens (tertiary/aromatic N) is 2. The maximum absolute atomic E-state index is 12.4. The monoisotopic (exact) mass is 328 g/mol. The van der Waals surface area contributed by atoms with Crippen molar-refractivity contribution in [1.29, 1.82) is 0 Å². The van der Waals surface area contributed by atoms with Crippen LogP contribution in [-0.2, 0) is 23.6 Å². The van der Waals surface area contributed by atoms with Gasteiger partial charge in [0.15, 0.2) is 0 Å². The Morgan fingerprint density at radius 2 is 2.05 bits per heavy atom.